The Morgan fingerprint density at radius 2 is 1.90 bits per heavy atom. The average molecular weight is 287 g/mol. The molecular formula is C12H21N3O5. The third kappa shape index (κ3) is 4.69. The Hall–Kier alpha value is -1.83. The minimum Gasteiger partial charge on any atom is -0.479 e. The zero-order valence-electron chi connectivity index (χ0n) is 11.7. The van der Waals surface area contributed by atoms with E-state index in [-0.39, 0.29) is 12.5 Å². The first-order valence-electron chi connectivity index (χ1n) is 6.54. The summed E-state index contributed by atoms with van der Waals surface area (Å²) in [6.45, 7) is 2.88. The van der Waals surface area contributed by atoms with Crippen LogP contribution in [0, 0.1) is 0 Å². The number of carbonyl (C=O) groups is 3. The van der Waals surface area contributed by atoms with Crippen LogP contribution in [0.25, 0.3) is 0 Å². The summed E-state index contributed by atoms with van der Waals surface area (Å²) in [6, 6.07) is -1.23. The van der Waals surface area contributed by atoms with E-state index in [0.717, 1.165) is 25.9 Å². The largest absolute Gasteiger partial charge is 0.479 e. The Morgan fingerprint density at radius 3 is 2.40 bits per heavy atom. The molecule has 1 fully saturated rings. The first kappa shape index (κ1) is 16.2. The number of amides is 3. The summed E-state index contributed by atoms with van der Waals surface area (Å²) < 4.78 is 4.68. The number of methoxy groups -OCH3 is 1. The zero-order chi connectivity index (χ0) is 15.1. The fourth-order valence-corrected chi connectivity index (χ4v) is 1.98. The van der Waals surface area contributed by atoms with Crippen LogP contribution >= 0.6 is 0 Å². The van der Waals surface area contributed by atoms with E-state index in [1.165, 1.54) is 7.11 Å². The molecule has 0 aromatic carbocycles. The highest BCUT2D eigenvalue weighted by atomic mass is 16.5. The molecule has 3 amide bonds. The Bertz CT molecular complexity index is 368. The van der Waals surface area contributed by atoms with Crippen molar-refractivity contribution < 1.29 is 24.2 Å². The molecule has 0 bridgehead atoms. The standard InChI is InChI=1S/C12H21N3O5/c1-8(10(16)15-5-3-4-6-15)14-12(19)13-7-9(20-2)11(17)18/h8-9H,3-7H2,1-2H3,(H,17,18)(H2,13,14,19). The van der Waals surface area contributed by atoms with Gasteiger partial charge in [-0.05, 0) is 19.8 Å². The molecule has 8 heteroatoms. The van der Waals surface area contributed by atoms with Crippen LogP contribution in [-0.4, -0.2) is 66.8 Å². The Kier molecular flexibility index (Phi) is 6.23. The van der Waals surface area contributed by atoms with Crippen molar-refractivity contribution in [3.63, 3.8) is 0 Å². The fraction of sp³-hybridized carbons (Fsp3) is 0.750. The highest BCUT2D eigenvalue weighted by molar-refractivity contribution is 5.87. The van der Waals surface area contributed by atoms with Crippen LogP contribution in [0.2, 0.25) is 0 Å². The second-order valence-electron chi connectivity index (χ2n) is 4.67. The van der Waals surface area contributed by atoms with Gasteiger partial charge < -0.3 is 25.4 Å². The van der Waals surface area contributed by atoms with E-state index in [0.29, 0.717) is 0 Å². The quantitative estimate of drug-likeness (QED) is 0.604. The molecule has 3 N–H and O–H groups in total. The number of ether oxygens (including phenoxy) is 1. The first-order valence-corrected chi connectivity index (χ1v) is 6.54. The Balaban J connectivity index is 2.33. The summed E-state index contributed by atoms with van der Waals surface area (Å²) in [6.07, 6.45) is 0.864. The van der Waals surface area contributed by atoms with Crippen LogP contribution in [0.15, 0.2) is 0 Å². The van der Waals surface area contributed by atoms with Gasteiger partial charge in [0.1, 0.15) is 6.04 Å². The van der Waals surface area contributed by atoms with Gasteiger partial charge in [-0.2, -0.15) is 0 Å². The minimum atomic E-state index is -1.16. The van der Waals surface area contributed by atoms with Crippen molar-refractivity contribution in [1.29, 1.82) is 0 Å². The molecule has 1 heterocycles. The topological polar surface area (TPSA) is 108 Å². The highest BCUT2D eigenvalue weighted by Gasteiger charge is 2.24. The lowest BCUT2D eigenvalue weighted by molar-refractivity contribution is -0.148. The number of urea groups is 1. The molecular weight excluding hydrogens is 266 g/mol. The van der Waals surface area contributed by atoms with Gasteiger partial charge in [-0.1, -0.05) is 0 Å². The molecule has 20 heavy (non-hydrogen) atoms. The van der Waals surface area contributed by atoms with Gasteiger partial charge in [-0.3, -0.25) is 4.79 Å². The summed E-state index contributed by atoms with van der Waals surface area (Å²) in [5.74, 6) is -1.28. The predicted octanol–water partition coefficient (Wildman–Crippen LogP) is -0.604. The van der Waals surface area contributed by atoms with Crippen molar-refractivity contribution in [2.45, 2.75) is 31.9 Å². The molecule has 114 valence electrons. The summed E-state index contributed by atoms with van der Waals surface area (Å²) >= 11 is 0. The van der Waals surface area contributed by atoms with Crippen molar-refractivity contribution in [1.82, 2.24) is 15.5 Å². The number of nitrogens with one attached hydrogen (secondary N) is 2. The summed E-state index contributed by atoms with van der Waals surface area (Å²) in [5, 5.41) is 13.6. The molecule has 0 radical (unpaired) electrons. The van der Waals surface area contributed by atoms with E-state index in [2.05, 4.69) is 15.4 Å². The summed E-state index contributed by atoms with van der Waals surface area (Å²) in [4.78, 5) is 35.9. The van der Waals surface area contributed by atoms with Crippen molar-refractivity contribution in [2.24, 2.45) is 0 Å². The predicted molar refractivity (Wildman–Crippen MR) is 70.2 cm³/mol. The maximum atomic E-state index is 11.9. The number of carbonyl (C=O) groups excluding carboxylic acids is 2. The summed E-state index contributed by atoms with van der Waals surface area (Å²) in [5.41, 5.74) is 0. The summed E-state index contributed by atoms with van der Waals surface area (Å²) in [7, 11) is 1.25. The number of hydrogen-bond acceptors (Lipinski definition) is 4. The lowest BCUT2D eigenvalue weighted by Crippen LogP contribution is -2.50. The fourth-order valence-electron chi connectivity index (χ4n) is 1.98. The molecule has 0 aromatic heterocycles. The SMILES string of the molecule is COC(CNC(=O)NC(C)C(=O)N1CCCC1)C(=O)O. The molecule has 0 saturated carbocycles. The Labute approximate surface area is 117 Å². The van der Waals surface area contributed by atoms with Gasteiger partial charge in [0.05, 0.1) is 6.54 Å². The van der Waals surface area contributed by atoms with Crippen LogP contribution in [0.5, 0.6) is 0 Å². The van der Waals surface area contributed by atoms with E-state index in [9.17, 15) is 14.4 Å². The minimum absolute atomic E-state index is 0.126. The van der Waals surface area contributed by atoms with Crippen molar-refractivity contribution in [3.05, 3.63) is 0 Å². The molecule has 2 atom stereocenters. The maximum Gasteiger partial charge on any atom is 0.334 e. The van der Waals surface area contributed by atoms with Gasteiger partial charge in [0, 0.05) is 20.2 Å². The van der Waals surface area contributed by atoms with Crippen LogP contribution in [0.3, 0.4) is 0 Å². The zero-order valence-corrected chi connectivity index (χ0v) is 11.7. The van der Waals surface area contributed by atoms with E-state index in [1.54, 1.807) is 11.8 Å². The molecule has 2 unspecified atom stereocenters. The van der Waals surface area contributed by atoms with Crippen molar-refractivity contribution in [2.75, 3.05) is 26.7 Å². The first-order chi connectivity index (χ1) is 9.45. The highest BCUT2D eigenvalue weighted by Crippen LogP contribution is 2.08. The molecule has 0 aromatic rings. The van der Waals surface area contributed by atoms with Crippen molar-refractivity contribution in [3.8, 4) is 0 Å². The third-order valence-corrected chi connectivity index (χ3v) is 3.14. The smallest absolute Gasteiger partial charge is 0.334 e. The lowest BCUT2D eigenvalue weighted by Gasteiger charge is -2.21. The van der Waals surface area contributed by atoms with Gasteiger partial charge >= 0.3 is 12.0 Å². The molecule has 1 aliphatic heterocycles. The monoisotopic (exact) mass is 287 g/mol. The third-order valence-electron chi connectivity index (χ3n) is 3.14. The second-order valence-corrected chi connectivity index (χ2v) is 4.67. The molecule has 1 rings (SSSR count). The van der Waals surface area contributed by atoms with Gasteiger partial charge in [0.15, 0.2) is 6.10 Å². The van der Waals surface area contributed by atoms with E-state index in [4.69, 9.17) is 5.11 Å². The van der Waals surface area contributed by atoms with E-state index >= 15 is 0 Å². The molecule has 0 spiro atoms. The molecule has 1 saturated heterocycles. The maximum absolute atomic E-state index is 11.9. The second kappa shape index (κ2) is 7.68. The van der Waals surface area contributed by atoms with Crippen molar-refractivity contribution >= 4 is 17.9 Å². The van der Waals surface area contributed by atoms with Crippen LogP contribution in [0.4, 0.5) is 4.79 Å². The molecule has 8 nitrogen and oxygen atoms in total. The van der Waals surface area contributed by atoms with Crippen LogP contribution in [-0.2, 0) is 14.3 Å². The number of nitrogens with zero attached hydrogens (tertiary/aromatic N) is 1. The molecule has 1 aliphatic rings. The van der Waals surface area contributed by atoms with Crippen LogP contribution < -0.4 is 10.6 Å². The Morgan fingerprint density at radius 1 is 1.30 bits per heavy atom. The van der Waals surface area contributed by atoms with E-state index < -0.39 is 24.1 Å². The molecule has 0 aliphatic carbocycles. The van der Waals surface area contributed by atoms with Gasteiger partial charge in [0.2, 0.25) is 5.91 Å². The number of carboxylic acid groups (broad SMARTS) is 1. The van der Waals surface area contributed by atoms with Gasteiger partial charge in [-0.15, -0.1) is 0 Å². The van der Waals surface area contributed by atoms with Gasteiger partial charge in [-0.25, -0.2) is 9.59 Å². The lowest BCUT2D eigenvalue weighted by atomic mass is 10.3. The normalized spacial score (nSPS) is 17.4. The number of aliphatic carboxylic acids is 1. The number of carboxylic acids is 1. The van der Waals surface area contributed by atoms with Gasteiger partial charge in [0.25, 0.3) is 0 Å². The van der Waals surface area contributed by atoms with E-state index in [1.807, 2.05) is 0 Å². The number of rotatable bonds is 6. The average Bonchev–Trinajstić information content (AvgIpc) is 2.91. The number of likely N-dealkylation sites (tertiary alicyclic amines) is 1. The van der Waals surface area contributed by atoms with Crippen LogP contribution in [0.1, 0.15) is 19.8 Å². The number of hydrogen-bond donors (Lipinski definition) is 3.